The molecule has 3 heterocycles. The molecule has 144 valence electrons. The molecule has 1 aromatic carbocycles. The fourth-order valence-electron chi connectivity index (χ4n) is 3.83. The normalized spacial score (nSPS) is 19.4. The number of fused-ring (bicyclic) bond motifs is 1. The summed E-state index contributed by atoms with van der Waals surface area (Å²) in [6.07, 6.45) is 5.36. The first-order valence-electron chi connectivity index (χ1n) is 9.52. The van der Waals surface area contributed by atoms with E-state index in [1.165, 1.54) is 25.0 Å². The number of nitrogens with zero attached hydrogens (tertiary/aromatic N) is 4. The highest BCUT2D eigenvalue weighted by Crippen LogP contribution is 2.31. The first-order chi connectivity index (χ1) is 13.6. The lowest BCUT2D eigenvalue weighted by Gasteiger charge is -2.16. The van der Waals surface area contributed by atoms with Crippen molar-refractivity contribution in [1.82, 2.24) is 30.1 Å². The third-order valence-electron chi connectivity index (χ3n) is 5.64. The molecule has 1 atom stereocenters. The lowest BCUT2D eigenvalue weighted by atomic mass is 10.1. The third-order valence-corrected chi connectivity index (χ3v) is 5.64. The van der Waals surface area contributed by atoms with Crippen LogP contribution in [-0.4, -0.2) is 49.1 Å². The van der Waals surface area contributed by atoms with Gasteiger partial charge in [0.2, 0.25) is 0 Å². The van der Waals surface area contributed by atoms with Crippen LogP contribution in [0.3, 0.4) is 0 Å². The Hall–Kier alpha value is -3.23. The van der Waals surface area contributed by atoms with Gasteiger partial charge in [0.25, 0.3) is 17.0 Å². The van der Waals surface area contributed by atoms with Crippen molar-refractivity contribution < 1.29 is 4.79 Å². The molecule has 5 rings (SSSR count). The second-order valence-corrected chi connectivity index (χ2v) is 7.71. The molecule has 9 heteroatoms. The Balaban J connectivity index is 1.34. The van der Waals surface area contributed by atoms with Crippen LogP contribution in [0, 0.1) is 5.92 Å². The predicted molar refractivity (Wildman–Crippen MR) is 101 cm³/mol. The van der Waals surface area contributed by atoms with E-state index in [1.807, 2.05) is 10.9 Å². The van der Waals surface area contributed by atoms with E-state index < -0.39 is 5.56 Å². The molecule has 1 saturated carbocycles. The summed E-state index contributed by atoms with van der Waals surface area (Å²) in [4.78, 5) is 38.5. The van der Waals surface area contributed by atoms with Crippen molar-refractivity contribution in [2.45, 2.75) is 31.7 Å². The van der Waals surface area contributed by atoms with Gasteiger partial charge in [-0.1, -0.05) is 5.21 Å². The number of H-pyrrole nitrogens is 2. The predicted octanol–water partition coefficient (Wildman–Crippen LogP) is 0.848. The molecule has 1 amide bonds. The van der Waals surface area contributed by atoms with Gasteiger partial charge in [0.05, 0.1) is 16.5 Å². The van der Waals surface area contributed by atoms with Gasteiger partial charge in [0.15, 0.2) is 0 Å². The van der Waals surface area contributed by atoms with E-state index in [2.05, 4.69) is 20.5 Å². The number of rotatable bonds is 4. The van der Waals surface area contributed by atoms with Crippen LogP contribution in [0.4, 0.5) is 0 Å². The van der Waals surface area contributed by atoms with Gasteiger partial charge in [-0.05, 0) is 43.4 Å². The van der Waals surface area contributed by atoms with Crippen LogP contribution < -0.4 is 11.1 Å². The zero-order chi connectivity index (χ0) is 19.3. The topological polar surface area (TPSA) is 117 Å². The smallest absolute Gasteiger partial charge is 0.270 e. The van der Waals surface area contributed by atoms with Crippen molar-refractivity contribution >= 4 is 16.7 Å². The molecule has 28 heavy (non-hydrogen) atoms. The van der Waals surface area contributed by atoms with Gasteiger partial charge < -0.3 is 4.90 Å². The number of amides is 1. The SMILES string of the molecule is O=C(c1ccc2c(=O)[nH][nH]c(=O)c2c1)N1CCC(c2cn(CC3CC3)nn2)C1. The molecular formula is C19H20N6O3. The number of aromatic amines is 2. The highest BCUT2D eigenvalue weighted by molar-refractivity contribution is 5.98. The highest BCUT2D eigenvalue weighted by atomic mass is 16.2. The van der Waals surface area contributed by atoms with Crippen molar-refractivity contribution in [1.29, 1.82) is 0 Å². The van der Waals surface area contributed by atoms with E-state index in [4.69, 9.17) is 0 Å². The monoisotopic (exact) mass is 380 g/mol. The van der Waals surface area contributed by atoms with Crippen LogP contribution in [0.15, 0.2) is 34.0 Å². The van der Waals surface area contributed by atoms with Crippen LogP contribution in [0.1, 0.15) is 41.2 Å². The minimum atomic E-state index is -0.421. The molecule has 3 aromatic rings. The maximum atomic E-state index is 12.9. The molecule has 1 aliphatic heterocycles. The van der Waals surface area contributed by atoms with Gasteiger partial charge in [-0.25, -0.2) is 0 Å². The number of carbonyl (C=O) groups is 1. The number of benzene rings is 1. The van der Waals surface area contributed by atoms with E-state index in [0.717, 1.165) is 24.6 Å². The van der Waals surface area contributed by atoms with Crippen LogP contribution in [0.25, 0.3) is 10.8 Å². The number of likely N-dealkylation sites (tertiary alicyclic amines) is 1. The van der Waals surface area contributed by atoms with Gasteiger partial charge in [0.1, 0.15) is 0 Å². The summed E-state index contributed by atoms with van der Waals surface area (Å²) in [6, 6.07) is 4.61. The van der Waals surface area contributed by atoms with Crippen LogP contribution in [-0.2, 0) is 6.54 Å². The lowest BCUT2D eigenvalue weighted by Crippen LogP contribution is -2.29. The standard InChI is InChI=1S/C19H20N6O3/c26-17-14-4-3-12(7-15(14)18(27)22-21-17)19(28)24-6-5-13(9-24)16-10-25(23-20-16)8-11-1-2-11/h3-4,7,10-11,13H,1-2,5-6,8-9H2,(H,21,26)(H,22,27). The largest absolute Gasteiger partial charge is 0.338 e. The van der Waals surface area contributed by atoms with Crippen molar-refractivity contribution in [3.63, 3.8) is 0 Å². The second-order valence-electron chi connectivity index (χ2n) is 7.71. The fourth-order valence-corrected chi connectivity index (χ4v) is 3.83. The summed E-state index contributed by atoms with van der Waals surface area (Å²) in [5.74, 6) is 0.762. The van der Waals surface area contributed by atoms with Crippen molar-refractivity contribution in [3.05, 3.63) is 56.4 Å². The van der Waals surface area contributed by atoms with Crippen molar-refractivity contribution in [2.75, 3.05) is 13.1 Å². The summed E-state index contributed by atoms with van der Waals surface area (Å²) in [6.45, 7) is 2.13. The molecule has 2 fully saturated rings. The number of nitrogens with one attached hydrogen (secondary N) is 2. The van der Waals surface area contributed by atoms with E-state index in [0.29, 0.717) is 18.7 Å². The van der Waals surface area contributed by atoms with Crippen LogP contribution in [0.2, 0.25) is 0 Å². The van der Waals surface area contributed by atoms with E-state index in [9.17, 15) is 14.4 Å². The Bertz CT molecular complexity index is 1170. The lowest BCUT2D eigenvalue weighted by molar-refractivity contribution is 0.0791. The average Bonchev–Trinajstić information content (AvgIpc) is 3.18. The number of carbonyl (C=O) groups excluding carboxylic acids is 1. The first-order valence-corrected chi connectivity index (χ1v) is 9.52. The molecule has 2 aromatic heterocycles. The fraction of sp³-hybridized carbons (Fsp3) is 0.421. The molecule has 1 saturated heterocycles. The van der Waals surface area contributed by atoms with Crippen molar-refractivity contribution in [2.24, 2.45) is 5.92 Å². The summed E-state index contributed by atoms with van der Waals surface area (Å²) in [7, 11) is 0. The Morgan fingerprint density at radius 1 is 1.11 bits per heavy atom. The van der Waals surface area contributed by atoms with E-state index in [1.54, 1.807) is 11.0 Å². The van der Waals surface area contributed by atoms with E-state index in [-0.39, 0.29) is 28.2 Å². The molecule has 2 N–H and O–H groups in total. The number of hydrogen-bond acceptors (Lipinski definition) is 5. The minimum Gasteiger partial charge on any atom is -0.338 e. The Morgan fingerprint density at radius 2 is 1.89 bits per heavy atom. The number of aromatic nitrogens is 5. The van der Waals surface area contributed by atoms with Crippen molar-refractivity contribution in [3.8, 4) is 0 Å². The zero-order valence-corrected chi connectivity index (χ0v) is 15.2. The molecule has 0 radical (unpaired) electrons. The van der Waals surface area contributed by atoms with Crippen LogP contribution >= 0.6 is 0 Å². The van der Waals surface area contributed by atoms with Gasteiger partial charge in [0, 0.05) is 37.3 Å². The summed E-state index contributed by atoms with van der Waals surface area (Å²) < 4.78 is 1.91. The minimum absolute atomic E-state index is 0.144. The maximum absolute atomic E-state index is 12.9. The molecule has 1 unspecified atom stereocenters. The van der Waals surface area contributed by atoms with Gasteiger partial charge >= 0.3 is 0 Å². The molecule has 0 bridgehead atoms. The summed E-state index contributed by atoms with van der Waals surface area (Å²) in [5, 5.41) is 13.6. The first kappa shape index (κ1) is 16.9. The molecule has 9 nitrogen and oxygen atoms in total. The molecular weight excluding hydrogens is 360 g/mol. The Kier molecular flexibility index (Phi) is 3.88. The third kappa shape index (κ3) is 3.02. The maximum Gasteiger partial charge on any atom is 0.270 e. The van der Waals surface area contributed by atoms with Gasteiger partial charge in [-0.3, -0.25) is 29.3 Å². The Morgan fingerprint density at radius 3 is 2.68 bits per heavy atom. The van der Waals surface area contributed by atoms with Crippen LogP contribution in [0.5, 0.6) is 0 Å². The second kappa shape index (κ2) is 6.43. The summed E-state index contributed by atoms with van der Waals surface area (Å²) >= 11 is 0. The molecule has 0 spiro atoms. The Labute approximate surface area is 159 Å². The number of hydrogen-bond donors (Lipinski definition) is 2. The van der Waals surface area contributed by atoms with Gasteiger partial charge in [-0.15, -0.1) is 5.10 Å². The molecule has 1 aliphatic carbocycles. The van der Waals surface area contributed by atoms with E-state index >= 15 is 0 Å². The highest BCUT2D eigenvalue weighted by Gasteiger charge is 2.30. The van der Waals surface area contributed by atoms with Gasteiger partial charge in [-0.2, -0.15) is 0 Å². The average molecular weight is 380 g/mol. The summed E-state index contributed by atoms with van der Waals surface area (Å²) in [5.41, 5.74) is 0.527. The quantitative estimate of drug-likeness (QED) is 0.696. The molecule has 2 aliphatic rings. The zero-order valence-electron chi connectivity index (χ0n) is 15.2.